The molecule has 0 aliphatic rings. The molecule has 0 atom stereocenters. The van der Waals surface area contributed by atoms with Gasteiger partial charge in [0.25, 0.3) is 0 Å². The summed E-state index contributed by atoms with van der Waals surface area (Å²) in [5.41, 5.74) is 1.00. The van der Waals surface area contributed by atoms with Crippen molar-refractivity contribution in [1.82, 2.24) is 0 Å². The average molecular weight is 132 g/mol. The summed E-state index contributed by atoms with van der Waals surface area (Å²) in [6, 6.07) is 0. The molecule has 0 saturated heterocycles. The molecule has 0 nitrogen and oxygen atoms in total. The van der Waals surface area contributed by atoms with Crippen LogP contribution in [-0.4, -0.2) is 0 Å². The largest absolute Gasteiger partial charge is 0.101 e. The van der Waals surface area contributed by atoms with Gasteiger partial charge in [-0.1, -0.05) is 30.7 Å². The minimum Gasteiger partial charge on any atom is -0.101 e. The molecule has 0 bridgehead atoms. The van der Waals surface area contributed by atoms with Crippen LogP contribution in [0.2, 0.25) is 0 Å². The summed E-state index contributed by atoms with van der Waals surface area (Å²) in [5.74, 6) is 5.76. The molecule has 0 aromatic heterocycles. The smallest absolute Gasteiger partial charge is 0.0241 e. The van der Waals surface area contributed by atoms with E-state index in [0.29, 0.717) is 0 Å². The lowest BCUT2D eigenvalue weighted by atomic mass is 10.2. The summed E-state index contributed by atoms with van der Waals surface area (Å²) >= 11 is 0. The Morgan fingerprint density at radius 1 is 1.50 bits per heavy atom. The van der Waals surface area contributed by atoms with E-state index in [-0.39, 0.29) is 0 Å². The molecule has 0 amide bonds. The van der Waals surface area contributed by atoms with E-state index in [4.69, 9.17) is 0 Å². The summed E-state index contributed by atoms with van der Waals surface area (Å²) in [5, 5.41) is 0. The van der Waals surface area contributed by atoms with Crippen molar-refractivity contribution in [2.24, 2.45) is 0 Å². The van der Waals surface area contributed by atoms with Crippen molar-refractivity contribution in [3.63, 3.8) is 0 Å². The zero-order chi connectivity index (χ0) is 7.82. The van der Waals surface area contributed by atoms with E-state index in [1.807, 2.05) is 32.1 Å². The molecular weight excluding hydrogens is 120 g/mol. The molecule has 0 heteroatoms. The third-order valence-electron chi connectivity index (χ3n) is 0.913. The van der Waals surface area contributed by atoms with Crippen molar-refractivity contribution >= 4 is 0 Å². The average Bonchev–Trinajstić information content (AvgIpc) is 1.90. The van der Waals surface area contributed by atoms with Gasteiger partial charge in [0, 0.05) is 5.57 Å². The topological polar surface area (TPSA) is 0 Å². The summed E-state index contributed by atoms with van der Waals surface area (Å²) < 4.78 is 0. The maximum Gasteiger partial charge on any atom is 0.0241 e. The fraction of sp³-hybridized carbons (Fsp3) is 0.200. The van der Waals surface area contributed by atoms with Crippen molar-refractivity contribution in [2.45, 2.75) is 13.8 Å². The summed E-state index contributed by atoms with van der Waals surface area (Å²) in [7, 11) is 0. The van der Waals surface area contributed by atoms with E-state index in [2.05, 4.69) is 18.4 Å². The van der Waals surface area contributed by atoms with E-state index in [9.17, 15) is 0 Å². The predicted octanol–water partition coefficient (Wildman–Crippen LogP) is 2.70. The Kier molecular flexibility index (Phi) is 5.19. The van der Waals surface area contributed by atoms with E-state index in [1.165, 1.54) is 0 Å². The lowest BCUT2D eigenvalue weighted by molar-refractivity contribution is 1.66. The molecule has 0 aliphatic carbocycles. The van der Waals surface area contributed by atoms with Crippen molar-refractivity contribution in [2.75, 3.05) is 0 Å². The van der Waals surface area contributed by atoms with Crippen LogP contribution in [-0.2, 0) is 0 Å². The first-order valence-corrected chi connectivity index (χ1v) is 3.23. The van der Waals surface area contributed by atoms with Crippen LogP contribution in [0, 0.1) is 11.8 Å². The highest BCUT2D eigenvalue weighted by Gasteiger charge is 1.78. The number of rotatable bonds is 2. The Labute approximate surface area is 63.0 Å². The first-order valence-electron chi connectivity index (χ1n) is 3.23. The Hall–Kier alpha value is -1.22. The minimum absolute atomic E-state index is 1.00. The minimum atomic E-state index is 1.00. The maximum absolute atomic E-state index is 3.59. The molecule has 0 aromatic rings. The van der Waals surface area contributed by atoms with Gasteiger partial charge in [-0.2, -0.15) is 0 Å². The summed E-state index contributed by atoms with van der Waals surface area (Å²) in [6.45, 7) is 7.37. The molecule has 10 heavy (non-hydrogen) atoms. The number of hydrogen-bond donors (Lipinski definition) is 0. The quantitative estimate of drug-likeness (QED) is 0.400. The van der Waals surface area contributed by atoms with Crippen molar-refractivity contribution < 1.29 is 0 Å². The van der Waals surface area contributed by atoms with Crippen LogP contribution in [0.1, 0.15) is 13.8 Å². The molecule has 0 heterocycles. The second kappa shape index (κ2) is 5.91. The molecular formula is C10H12. The Bertz CT molecular complexity index is 206. The van der Waals surface area contributed by atoms with Crippen LogP contribution in [0.15, 0.2) is 36.5 Å². The highest BCUT2D eigenvalue weighted by Crippen LogP contribution is 1.94. The second-order valence-corrected chi connectivity index (χ2v) is 1.73. The first kappa shape index (κ1) is 8.78. The van der Waals surface area contributed by atoms with Gasteiger partial charge < -0.3 is 0 Å². The van der Waals surface area contributed by atoms with Crippen LogP contribution in [0.25, 0.3) is 0 Å². The van der Waals surface area contributed by atoms with Gasteiger partial charge in [-0.3, -0.25) is 0 Å². The van der Waals surface area contributed by atoms with E-state index in [0.717, 1.165) is 5.57 Å². The first-order chi connectivity index (χ1) is 4.85. The van der Waals surface area contributed by atoms with E-state index in [1.54, 1.807) is 6.08 Å². The molecule has 0 N–H and O–H groups in total. The third kappa shape index (κ3) is 3.74. The fourth-order valence-electron chi connectivity index (χ4n) is 0.590. The molecule has 0 saturated carbocycles. The van der Waals surface area contributed by atoms with Crippen LogP contribution < -0.4 is 0 Å². The van der Waals surface area contributed by atoms with Crippen molar-refractivity contribution in [1.29, 1.82) is 0 Å². The Morgan fingerprint density at radius 3 is 2.60 bits per heavy atom. The summed E-state index contributed by atoms with van der Waals surface area (Å²) in [6.07, 6.45) is 7.54. The monoisotopic (exact) mass is 132 g/mol. The third-order valence-corrected chi connectivity index (χ3v) is 0.913. The molecule has 0 aromatic carbocycles. The zero-order valence-corrected chi connectivity index (χ0v) is 6.52. The molecule has 0 unspecified atom stereocenters. The molecule has 0 rings (SSSR count). The number of allylic oxidation sites excluding steroid dienone is 5. The number of hydrogen-bond acceptors (Lipinski definition) is 0. The van der Waals surface area contributed by atoms with Crippen LogP contribution in [0.3, 0.4) is 0 Å². The lowest BCUT2D eigenvalue weighted by Crippen LogP contribution is -1.68. The fourth-order valence-corrected chi connectivity index (χ4v) is 0.590. The van der Waals surface area contributed by atoms with Gasteiger partial charge in [0.05, 0.1) is 0 Å². The molecule has 0 spiro atoms. The SMILES string of the molecule is C=C/C=C(C#CC)\C=C/C. The molecule has 0 radical (unpaired) electrons. The van der Waals surface area contributed by atoms with Gasteiger partial charge in [0.2, 0.25) is 0 Å². The predicted molar refractivity (Wildman–Crippen MR) is 46.5 cm³/mol. The van der Waals surface area contributed by atoms with Crippen molar-refractivity contribution in [3.8, 4) is 11.8 Å². The van der Waals surface area contributed by atoms with Gasteiger partial charge in [0.15, 0.2) is 0 Å². The lowest BCUT2D eigenvalue weighted by Gasteiger charge is -1.83. The zero-order valence-electron chi connectivity index (χ0n) is 6.52. The van der Waals surface area contributed by atoms with E-state index >= 15 is 0 Å². The van der Waals surface area contributed by atoms with Crippen LogP contribution in [0.5, 0.6) is 0 Å². The second-order valence-electron chi connectivity index (χ2n) is 1.73. The molecule has 52 valence electrons. The van der Waals surface area contributed by atoms with Gasteiger partial charge in [-0.25, -0.2) is 0 Å². The van der Waals surface area contributed by atoms with Gasteiger partial charge >= 0.3 is 0 Å². The van der Waals surface area contributed by atoms with Crippen molar-refractivity contribution in [3.05, 3.63) is 36.5 Å². The van der Waals surface area contributed by atoms with Gasteiger partial charge in [-0.15, -0.1) is 5.92 Å². The van der Waals surface area contributed by atoms with Crippen LogP contribution >= 0.6 is 0 Å². The molecule has 0 fully saturated rings. The maximum atomic E-state index is 3.59. The van der Waals surface area contributed by atoms with Gasteiger partial charge in [0.1, 0.15) is 0 Å². The van der Waals surface area contributed by atoms with E-state index < -0.39 is 0 Å². The highest BCUT2D eigenvalue weighted by molar-refractivity contribution is 5.39. The highest BCUT2D eigenvalue weighted by atomic mass is 13.8. The Morgan fingerprint density at radius 2 is 2.20 bits per heavy atom. The van der Waals surface area contributed by atoms with Crippen LogP contribution in [0.4, 0.5) is 0 Å². The normalized spacial score (nSPS) is 10.8. The van der Waals surface area contributed by atoms with Gasteiger partial charge in [-0.05, 0) is 19.9 Å². The Balaban J connectivity index is 4.35. The standard InChI is InChI=1S/C10H12/c1-4-7-10(8-5-2)9-6-3/h4-5,7-8H,1H2,2-3H3/b8-5-,10-7+. The molecule has 0 aliphatic heterocycles. The summed E-state index contributed by atoms with van der Waals surface area (Å²) in [4.78, 5) is 0.